The number of hydrogen-bond donors (Lipinski definition) is 0. The van der Waals surface area contributed by atoms with Crippen molar-refractivity contribution in [3.63, 3.8) is 0 Å². The van der Waals surface area contributed by atoms with E-state index < -0.39 is 10.0 Å². The molecule has 0 atom stereocenters. The van der Waals surface area contributed by atoms with Crippen molar-refractivity contribution in [3.05, 3.63) is 52.8 Å². The molecule has 3 heterocycles. The van der Waals surface area contributed by atoms with Crippen LogP contribution in [0.5, 0.6) is 0 Å². The van der Waals surface area contributed by atoms with Crippen LogP contribution in [-0.4, -0.2) is 64.5 Å². The van der Waals surface area contributed by atoms with Crippen LogP contribution in [-0.2, 0) is 21.2 Å². The van der Waals surface area contributed by atoms with Gasteiger partial charge in [0.2, 0.25) is 15.9 Å². The van der Waals surface area contributed by atoms with Gasteiger partial charge in [0.25, 0.3) is 0 Å². The number of benzene rings is 1. The Balaban J connectivity index is 1.41. The number of carbonyl (C=O) groups excluding carboxylic acids is 1. The standard InChI is InChI=1S/C25H30N6O3S/c1-17(2)31-25-22(16-27-31)18(3)21(19(4)28-25)9-10-24(32)29-11-13-30(14-12-29)35(33,34)23-8-6-5-7-20(23)15-26/h5-8,16-17H,9-14H2,1-4H3. The lowest BCUT2D eigenvalue weighted by molar-refractivity contribution is -0.132. The van der Waals surface area contributed by atoms with E-state index in [4.69, 9.17) is 4.98 Å². The molecule has 3 aromatic rings. The molecule has 0 spiro atoms. The monoisotopic (exact) mass is 494 g/mol. The van der Waals surface area contributed by atoms with Crippen molar-refractivity contribution in [3.8, 4) is 6.07 Å². The van der Waals surface area contributed by atoms with Crippen molar-refractivity contribution in [1.29, 1.82) is 5.26 Å². The van der Waals surface area contributed by atoms with Gasteiger partial charge in [0.05, 0.1) is 16.7 Å². The van der Waals surface area contributed by atoms with Crippen LogP contribution in [0.4, 0.5) is 0 Å². The third-order valence-corrected chi connectivity index (χ3v) is 8.59. The van der Waals surface area contributed by atoms with Gasteiger partial charge in [0.1, 0.15) is 6.07 Å². The number of aromatic nitrogens is 3. The summed E-state index contributed by atoms with van der Waals surface area (Å²) in [6.45, 7) is 9.20. The van der Waals surface area contributed by atoms with Gasteiger partial charge in [-0.25, -0.2) is 18.1 Å². The Kier molecular flexibility index (Phi) is 6.92. The molecule has 0 N–H and O–H groups in total. The van der Waals surface area contributed by atoms with Gasteiger partial charge in [-0.3, -0.25) is 4.79 Å². The third kappa shape index (κ3) is 4.66. The van der Waals surface area contributed by atoms with Crippen molar-refractivity contribution in [2.45, 2.75) is 51.5 Å². The lowest BCUT2D eigenvalue weighted by Crippen LogP contribution is -2.50. The van der Waals surface area contributed by atoms with Crippen LogP contribution in [0.3, 0.4) is 0 Å². The number of carbonyl (C=O) groups is 1. The maximum atomic E-state index is 13.0. The van der Waals surface area contributed by atoms with E-state index in [2.05, 4.69) is 18.9 Å². The molecule has 1 fully saturated rings. The summed E-state index contributed by atoms with van der Waals surface area (Å²) in [5.41, 5.74) is 4.04. The van der Waals surface area contributed by atoms with Gasteiger partial charge >= 0.3 is 0 Å². The van der Waals surface area contributed by atoms with Crippen LogP contribution < -0.4 is 0 Å². The molecular weight excluding hydrogens is 464 g/mol. The molecule has 10 heteroatoms. The fraction of sp³-hybridized carbons (Fsp3) is 0.440. The van der Waals surface area contributed by atoms with Crippen molar-refractivity contribution in [1.82, 2.24) is 24.0 Å². The molecule has 4 rings (SSSR count). The average molecular weight is 495 g/mol. The van der Waals surface area contributed by atoms with Gasteiger partial charge in [0, 0.05) is 49.7 Å². The molecular formula is C25H30N6O3S. The molecule has 184 valence electrons. The van der Waals surface area contributed by atoms with E-state index in [1.165, 1.54) is 16.4 Å². The van der Waals surface area contributed by atoms with Crippen LogP contribution in [0.2, 0.25) is 0 Å². The average Bonchev–Trinajstić information content (AvgIpc) is 3.28. The molecule has 1 aliphatic rings. The first kappa shape index (κ1) is 24.8. The Bertz CT molecular complexity index is 1410. The highest BCUT2D eigenvalue weighted by atomic mass is 32.2. The van der Waals surface area contributed by atoms with E-state index in [0.717, 1.165) is 27.9 Å². The van der Waals surface area contributed by atoms with Crippen LogP contribution in [0.1, 0.15) is 48.7 Å². The Morgan fingerprint density at radius 1 is 1.14 bits per heavy atom. The van der Waals surface area contributed by atoms with Gasteiger partial charge in [-0.15, -0.1) is 0 Å². The Morgan fingerprint density at radius 2 is 1.83 bits per heavy atom. The quantitative estimate of drug-likeness (QED) is 0.521. The zero-order chi connectivity index (χ0) is 25.3. The lowest BCUT2D eigenvalue weighted by Gasteiger charge is -2.34. The van der Waals surface area contributed by atoms with Crippen molar-refractivity contribution >= 4 is 27.0 Å². The number of sulfonamides is 1. The van der Waals surface area contributed by atoms with E-state index >= 15 is 0 Å². The first-order valence-corrected chi connectivity index (χ1v) is 13.2. The number of aryl methyl sites for hydroxylation is 2. The smallest absolute Gasteiger partial charge is 0.244 e. The number of nitriles is 1. The minimum absolute atomic E-state index is 0.00348. The lowest BCUT2D eigenvalue weighted by atomic mass is 10.00. The normalized spacial score (nSPS) is 15.0. The molecule has 1 saturated heterocycles. The van der Waals surface area contributed by atoms with Gasteiger partial charge < -0.3 is 4.90 Å². The number of piperazine rings is 1. The second-order valence-electron chi connectivity index (χ2n) is 9.11. The van der Waals surface area contributed by atoms with Gasteiger partial charge in [-0.05, 0) is 57.4 Å². The van der Waals surface area contributed by atoms with Crippen LogP contribution in [0, 0.1) is 25.2 Å². The molecule has 2 aromatic heterocycles. The molecule has 0 unspecified atom stereocenters. The van der Waals surface area contributed by atoms with Crippen LogP contribution in [0.15, 0.2) is 35.4 Å². The number of nitrogens with zero attached hydrogens (tertiary/aromatic N) is 6. The predicted molar refractivity (Wildman–Crippen MR) is 132 cm³/mol. The highest BCUT2D eigenvalue weighted by Gasteiger charge is 2.31. The summed E-state index contributed by atoms with van der Waals surface area (Å²) in [7, 11) is -3.79. The zero-order valence-corrected chi connectivity index (χ0v) is 21.3. The van der Waals surface area contributed by atoms with Gasteiger partial charge in [-0.1, -0.05) is 12.1 Å². The summed E-state index contributed by atoms with van der Waals surface area (Å²) in [5.74, 6) is -0.00348. The number of fused-ring (bicyclic) bond motifs is 1. The predicted octanol–water partition coefficient (Wildman–Crippen LogP) is 2.97. The summed E-state index contributed by atoms with van der Waals surface area (Å²) >= 11 is 0. The van der Waals surface area contributed by atoms with Gasteiger partial charge in [-0.2, -0.15) is 14.7 Å². The second kappa shape index (κ2) is 9.76. The van der Waals surface area contributed by atoms with Crippen molar-refractivity contribution in [2.24, 2.45) is 0 Å². The maximum absolute atomic E-state index is 13.0. The summed E-state index contributed by atoms with van der Waals surface area (Å²) in [6.07, 6.45) is 2.74. The van der Waals surface area contributed by atoms with E-state index in [1.54, 1.807) is 17.0 Å². The SMILES string of the molecule is Cc1nc2c(cnn2C(C)C)c(C)c1CCC(=O)N1CCN(S(=O)(=O)c2ccccc2C#N)CC1. The minimum Gasteiger partial charge on any atom is -0.340 e. The minimum atomic E-state index is -3.79. The molecule has 35 heavy (non-hydrogen) atoms. The largest absolute Gasteiger partial charge is 0.340 e. The van der Waals surface area contributed by atoms with Crippen LogP contribution in [0.25, 0.3) is 11.0 Å². The summed E-state index contributed by atoms with van der Waals surface area (Å²) < 4.78 is 29.3. The molecule has 0 bridgehead atoms. The second-order valence-corrected chi connectivity index (χ2v) is 11.0. The van der Waals surface area contributed by atoms with Gasteiger partial charge in [0.15, 0.2) is 5.65 Å². The zero-order valence-electron chi connectivity index (χ0n) is 20.5. The van der Waals surface area contributed by atoms with Crippen molar-refractivity contribution < 1.29 is 13.2 Å². The van der Waals surface area contributed by atoms with E-state index in [-0.39, 0.29) is 35.5 Å². The Morgan fingerprint density at radius 3 is 2.49 bits per heavy atom. The molecule has 0 aliphatic carbocycles. The summed E-state index contributed by atoms with van der Waals surface area (Å²) in [4.78, 5) is 19.5. The molecule has 1 aliphatic heterocycles. The topological polar surface area (TPSA) is 112 Å². The first-order chi connectivity index (χ1) is 16.6. The highest BCUT2D eigenvalue weighted by molar-refractivity contribution is 7.89. The molecule has 9 nitrogen and oxygen atoms in total. The fourth-order valence-corrected chi connectivity index (χ4v) is 6.19. The van der Waals surface area contributed by atoms with E-state index in [9.17, 15) is 18.5 Å². The number of rotatable bonds is 6. The maximum Gasteiger partial charge on any atom is 0.244 e. The highest BCUT2D eigenvalue weighted by Crippen LogP contribution is 2.26. The molecule has 1 aromatic carbocycles. The summed E-state index contributed by atoms with van der Waals surface area (Å²) in [5, 5.41) is 14.8. The van der Waals surface area contributed by atoms with E-state index in [1.807, 2.05) is 30.8 Å². The Labute approximate surface area is 206 Å². The summed E-state index contributed by atoms with van der Waals surface area (Å²) in [6, 6.07) is 8.35. The van der Waals surface area contributed by atoms with E-state index in [0.29, 0.717) is 25.9 Å². The molecule has 0 saturated carbocycles. The third-order valence-electron chi connectivity index (χ3n) is 6.63. The molecule has 0 radical (unpaired) electrons. The Hall–Kier alpha value is -3.29. The number of pyridine rings is 1. The number of amides is 1. The molecule has 1 amide bonds. The van der Waals surface area contributed by atoms with Crippen molar-refractivity contribution in [2.75, 3.05) is 26.2 Å². The fourth-order valence-electron chi connectivity index (χ4n) is 4.63. The first-order valence-electron chi connectivity index (χ1n) is 11.8. The van der Waals surface area contributed by atoms with Crippen LogP contribution >= 0.6 is 0 Å². The number of hydrogen-bond acceptors (Lipinski definition) is 6.